The fourth-order valence-electron chi connectivity index (χ4n) is 19.3. The Morgan fingerprint density at radius 1 is 0.115 bits per heavy atom. The van der Waals surface area contributed by atoms with Gasteiger partial charge in [0.15, 0.2) is 0 Å². The maximum atomic E-state index is 10.9. The van der Waals surface area contributed by atoms with E-state index in [4.69, 9.17) is 0 Å². The molecule has 16 N–H and O–H groups in total. The van der Waals surface area contributed by atoms with Gasteiger partial charge in [-0.2, -0.15) is 0 Å². The summed E-state index contributed by atoms with van der Waals surface area (Å²) in [4.78, 5) is 0. The lowest BCUT2D eigenvalue weighted by Crippen LogP contribution is -2.25. The van der Waals surface area contributed by atoms with E-state index in [2.05, 4.69) is 62.4 Å². The SMILES string of the molecule is CC.CC.CC.CC.CC.CC.CC(c1ccc(-c2ccc(C(C)(c3ccc(O)cc3O)c3ccc(O)cc3O)cc2)cc1)(c1ccc(O)cc1O)c1ccc(O)cc1O.CC(c1ccc(-c2ccc(C(C)(c3ccccc3O)c3ccccc3O)cc2)cc1)(c1ccccc1O)c1ccccc1O.CC(c1ccc(O)cc1)(c1ccc(O)cc1)c1ccc(-c2ccc(C(C)(c3ccc(O)cc3)c3ccc(O)cc3)cc2)cc1. The second-order valence-electron chi connectivity index (χ2n) is 35.3. The highest BCUT2D eigenvalue weighted by Gasteiger charge is 2.42. The van der Waals surface area contributed by atoms with Gasteiger partial charge in [0.2, 0.25) is 0 Å². The Balaban J connectivity index is 0.000000216. The quantitative estimate of drug-likeness (QED) is 0.0297. The van der Waals surface area contributed by atoms with Gasteiger partial charge in [0, 0.05) is 101 Å². The summed E-state index contributed by atoms with van der Waals surface area (Å²) in [6.07, 6.45) is 0. The Bertz CT molecular complexity index is 6580. The molecule has 762 valence electrons. The molecular weight excluding hydrogens is 1840 g/mol. The highest BCUT2D eigenvalue weighted by atomic mass is 16.3. The van der Waals surface area contributed by atoms with Crippen LogP contribution in [0.5, 0.6) is 92.0 Å². The molecule has 16 nitrogen and oxygen atoms in total. The minimum Gasteiger partial charge on any atom is -0.508 e. The molecule has 18 aromatic rings. The molecule has 0 spiro atoms. The molecular formula is C132H138O16. The van der Waals surface area contributed by atoms with E-state index in [9.17, 15) is 81.7 Å². The van der Waals surface area contributed by atoms with Gasteiger partial charge in [-0.15, -0.1) is 0 Å². The fraction of sp³-hybridized carbons (Fsp3) is 0.182. The number of phenolic OH excluding ortho intramolecular Hbond substituents is 16. The minimum atomic E-state index is -1.09. The first-order valence-electron chi connectivity index (χ1n) is 50.3. The van der Waals surface area contributed by atoms with Gasteiger partial charge in [-0.1, -0.05) is 374 Å². The van der Waals surface area contributed by atoms with E-state index in [0.29, 0.717) is 44.5 Å². The van der Waals surface area contributed by atoms with Crippen molar-refractivity contribution in [2.75, 3.05) is 0 Å². The molecule has 18 rings (SSSR count). The molecule has 0 bridgehead atoms. The first-order valence-corrected chi connectivity index (χ1v) is 50.3. The number of hydrogen-bond acceptors (Lipinski definition) is 16. The van der Waals surface area contributed by atoms with Gasteiger partial charge in [-0.3, -0.25) is 0 Å². The maximum absolute atomic E-state index is 10.9. The summed E-state index contributed by atoms with van der Waals surface area (Å²) in [5.41, 5.74) is 15.2. The Labute approximate surface area is 871 Å². The third-order valence-corrected chi connectivity index (χ3v) is 27.4. The number of rotatable bonds is 21. The van der Waals surface area contributed by atoms with E-state index < -0.39 is 32.5 Å². The summed E-state index contributed by atoms with van der Waals surface area (Å²) < 4.78 is 0. The molecule has 148 heavy (non-hydrogen) atoms. The minimum absolute atomic E-state index is 0.107. The van der Waals surface area contributed by atoms with E-state index in [0.717, 1.165) is 89.0 Å². The predicted molar refractivity (Wildman–Crippen MR) is 601 cm³/mol. The molecule has 0 unspecified atom stereocenters. The van der Waals surface area contributed by atoms with Crippen LogP contribution >= 0.6 is 0 Å². The topological polar surface area (TPSA) is 324 Å². The molecule has 0 saturated heterocycles. The van der Waals surface area contributed by atoms with Gasteiger partial charge in [0.1, 0.15) is 92.0 Å². The third kappa shape index (κ3) is 23.5. The fourth-order valence-corrected chi connectivity index (χ4v) is 19.3. The van der Waals surface area contributed by atoms with Gasteiger partial charge in [0.25, 0.3) is 0 Å². The van der Waals surface area contributed by atoms with Crippen LogP contribution in [-0.4, -0.2) is 81.7 Å². The smallest absolute Gasteiger partial charge is 0.123 e. The van der Waals surface area contributed by atoms with Crippen molar-refractivity contribution in [3.05, 3.63) is 513 Å². The van der Waals surface area contributed by atoms with Crippen molar-refractivity contribution in [3.8, 4) is 125 Å². The zero-order valence-electron chi connectivity index (χ0n) is 87.4. The average molecular weight is 1980 g/mol. The predicted octanol–water partition coefficient (Wildman–Crippen LogP) is 31.6. The van der Waals surface area contributed by atoms with Crippen LogP contribution in [0.1, 0.15) is 225 Å². The Kier molecular flexibility index (Phi) is 38.3. The molecule has 16 heteroatoms. The molecule has 0 fully saturated rings. The summed E-state index contributed by atoms with van der Waals surface area (Å²) in [5, 5.41) is 167. The standard InChI is InChI=1S/C40H34O8.2C40H34O4.6C2H6/c1-39(31-15-11-27(41)19-35(31)45,32-16-12-28(42)20-36(32)46)25-7-3-23(4-8-25)24-5-9-26(10-6-24)40(2,33-17-13-29(43)21-37(33)47)34-18-14-30(44)22-38(34)48;1-39(31-11-19-35(41)20-12-31,32-13-21-36(42)22-14-32)29-7-3-27(4-8-29)28-5-9-30(10-6-28)40(2,33-15-23-37(43)24-16-33)34-17-25-38(44)26-18-34;1-39(31-11-3-7-15-35(31)41,32-12-4-8-16-36(32)42)29-23-19-27(20-24-29)28-21-25-30(26-22-28)40(2,33-13-5-9-17-37(33)43)34-14-6-10-18-38(34)44;6*1-2/h3-22,41-48H,1-2H3;2*3-26,41-44H,1-2H3;6*1-2H3. The number of benzene rings is 18. The first kappa shape index (κ1) is 113. The van der Waals surface area contributed by atoms with Crippen LogP contribution < -0.4 is 0 Å². The van der Waals surface area contributed by atoms with Crippen LogP contribution in [0.25, 0.3) is 33.4 Å². The molecule has 0 atom stereocenters. The van der Waals surface area contributed by atoms with Crippen molar-refractivity contribution >= 4 is 0 Å². The van der Waals surface area contributed by atoms with Gasteiger partial charge in [-0.25, -0.2) is 0 Å². The van der Waals surface area contributed by atoms with Crippen LogP contribution in [0.15, 0.2) is 413 Å². The lowest BCUT2D eigenvalue weighted by molar-refractivity contribution is 0.425. The average Bonchev–Trinajstić information content (AvgIpc) is 0.746. The van der Waals surface area contributed by atoms with E-state index in [1.54, 1.807) is 121 Å². The van der Waals surface area contributed by atoms with Crippen LogP contribution in [-0.2, 0) is 32.5 Å². The van der Waals surface area contributed by atoms with E-state index in [1.807, 2.05) is 305 Å². The van der Waals surface area contributed by atoms with Gasteiger partial charge < -0.3 is 81.7 Å². The van der Waals surface area contributed by atoms with E-state index >= 15 is 0 Å². The monoisotopic (exact) mass is 1980 g/mol. The van der Waals surface area contributed by atoms with Crippen LogP contribution in [0.3, 0.4) is 0 Å². The molecule has 0 aliphatic heterocycles. The zero-order valence-corrected chi connectivity index (χ0v) is 87.4. The third-order valence-electron chi connectivity index (χ3n) is 27.4. The van der Waals surface area contributed by atoms with Gasteiger partial charge in [0.05, 0.1) is 0 Å². The highest BCUT2D eigenvalue weighted by molar-refractivity contribution is 5.73. The van der Waals surface area contributed by atoms with Crippen LogP contribution in [0.4, 0.5) is 0 Å². The molecule has 18 aromatic carbocycles. The Morgan fingerprint density at radius 3 is 0.365 bits per heavy atom. The van der Waals surface area contributed by atoms with Gasteiger partial charge >= 0.3 is 0 Å². The van der Waals surface area contributed by atoms with Crippen molar-refractivity contribution in [1.82, 2.24) is 0 Å². The number of hydrogen-bond donors (Lipinski definition) is 16. The Morgan fingerprint density at radius 2 is 0.230 bits per heavy atom. The molecule has 0 aliphatic rings. The number of aromatic hydroxyl groups is 16. The van der Waals surface area contributed by atoms with Crippen molar-refractivity contribution in [2.45, 2.75) is 157 Å². The van der Waals surface area contributed by atoms with Crippen molar-refractivity contribution in [1.29, 1.82) is 0 Å². The van der Waals surface area contributed by atoms with Gasteiger partial charge in [-0.05, 0) is 228 Å². The second-order valence-corrected chi connectivity index (χ2v) is 35.3. The zero-order chi connectivity index (χ0) is 108. The summed E-state index contributed by atoms with van der Waals surface area (Å²) in [6, 6.07) is 124. The maximum Gasteiger partial charge on any atom is 0.123 e. The van der Waals surface area contributed by atoms with E-state index in [-0.39, 0.29) is 92.0 Å². The number of para-hydroxylation sites is 4. The molecule has 0 aliphatic carbocycles. The lowest BCUT2D eigenvalue weighted by atomic mass is 9.69. The summed E-state index contributed by atoms with van der Waals surface area (Å²) in [6.45, 7) is 36.0. The van der Waals surface area contributed by atoms with Crippen molar-refractivity contribution in [3.63, 3.8) is 0 Å². The van der Waals surface area contributed by atoms with Crippen LogP contribution in [0.2, 0.25) is 0 Å². The van der Waals surface area contributed by atoms with Crippen LogP contribution in [0, 0.1) is 0 Å². The molecule has 0 radical (unpaired) electrons. The molecule has 0 aromatic heterocycles. The number of phenols is 16. The summed E-state index contributed by atoms with van der Waals surface area (Å²) >= 11 is 0. The van der Waals surface area contributed by atoms with Crippen molar-refractivity contribution in [2.24, 2.45) is 0 Å². The van der Waals surface area contributed by atoms with Crippen molar-refractivity contribution < 1.29 is 81.7 Å². The molecule has 0 amide bonds. The molecule has 0 saturated carbocycles. The summed E-state index contributed by atoms with van der Waals surface area (Å²) in [5.74, 6) is 0.441. The van der Waals surface area contributed by atoms with E-state index in [1.165, 1.54) is 48.5 Å². The normalized spacial score (nSPS) is 11.1. The second kappa shape index (κ2) is 50.3. The summed E-state index contributed by atoms with van der Waals surface area (Å²) in [7, 11) is 0. The molecule has 0 heterocycles. The first-order chi connectivity index (χ1) is 71.2. The lowest BCUT2D eigenvalue weighted by Gasteiger charge is -2.33. The largest absolute Gasteiger partial charge is 0.508 e. The highest BCUT2D eigenvalue weighted by Crippen LogP contribution is 2.54. The Hall–Kier alpha value is -17.2.